The monoisotopic (exact) mass is 250 g/mol. The Morgan fingerprint density at radius 2 is 1.89 bits per heavy atom. The predicted molar refractivity (Wildman–Crippen MR) is 77.1 cm³/mol. The van der Waals surface area contributed by atoms with E-state index in [1.165, 1.54) is 23.1 Å². The molecular weight excluding hydrogens is 224 g/mol. The molecule has 0 spiro atoms. The van der Waals surface area contributed by atoms with Gasteiger partial charge in [-0.15, -0.1) is 0 Å². The summed E-state index contributed by atoms with van der Waals surface area (Å²) in [6.07, 6.45) is 2.27. The number of unbranched alkanes of at least 4 members (excludes halogenated alkanes) is 1. The molecule has 2 N–H and O–H groups in total. The molecule has 1 aromatic carbocycles. The van der Waals surface area contributed by atoms with Crippen LogP contribution in [0, 0.1) is 13.8 Å². The Balaban J connectivity index is 2.64. The Labute approximate surface area is 111 Å². The molecule has 0 atom stereocenters. The predicted octanol–water partition coefficient (Wildman–Crippen LogP) is 2.48. The van der Waals surface area contributed by atoms with Crippen molar-refractivity contribution in [2.45, 2.75) is 33.2 Å². The topological polar surface area (TPSA) is 38.5 Å². The van der Waals surface area contributed by atoms with Gasteiger partial charge in [0.25, 0.3) is 0 Å². The second kappa shape index (κ2) is 7.39. The summed E-state index contributed by atoms with van der Waals surface area (Å²) in [5.41, 5.74) is 9.39. The minimum atomic E-state index is 0.786. The van der Waals surface area contributed by atoms with Crippen LogP contribution in [0.15, 0.2) is 12.1 Å². The molecule has 102 valence electrons. The molecule has 0 aromatic heterocycles. The molecule has 3 heteroatoms. The van der Waals surface area contributed by atoms with Crippen LogP contribution in [0.5, 0.6) is 5.75 Å². The van der Waals surface area contributed by atoms with Crippen molar-refractivity contribution in [1.29, 1.82) is 0 Å². The van der Waals surface area contributed by atoms with Crippen LogP contribution < -0.4 is 10.5 Å². The standard InChI is InChI=1S/C15H26N2O/c1-12-10-15(18-4)13(2)9-14(12)11-17(3)8-6-5-7-16/h9-10H,5-8,11,16H2,1-4H3. The van der Waals surface area contributed by atoms with E-state index in [1.54, 1.807) is 7.11 Å². The molecule has 0 bridgehead atoms. The lowest BCUT2D eigenvalue weighted by Crippen LogP contribution is -2.20. The zero-order valence-corrected chi connectivity index (χ0v) is 12.1. The van der Waals surface area contributed by atoms with Crippen molar-refractivity contribution in [3.8, 4) is 5.75 Å². The number of nitrogens with two attached hydrogens (primary N) is 1. The first-order chi connectivity index (χ1) is 8.58. The van der Waals surface area contributed by atoms with Gasteiger partial charge in [-0.3, -0.25) is 0 Å². The summed E-state index contributed by atoms with van der Waals surface area (Å²) in [6, 6.07) is 4.35. The molecule has 1 aromatic rings. The zero-order valence-electron chi connectivity index (χ0n) is 12.1. The normalized spacial score (nSPS) is 11.0. The number of methoxy groups -OCH3 is 1. The highest BCUT2D eigenvalue weighted by Gasteiger charge is 2.07. The van der Waals surface area contributed by atoms with Crippen molar-refractivity contribution < 1.29 is 4.74 Å². The van der Waals surface area contributed by atoms with Crippen LogP contribution >= 0.6 is 0 Å². The number of ether oxygens (including phenoxy) is 1. The van der Waals surface area contributed by atoms with Gasteiger partial charge in [0.1, 0.15) is 5.75 Å². The van der Waals surface area contributed by atoms with Gasteiger partial charge in [-0.05, 0) is 69.6 Å². The second-order valence-corrected chi connectivity index (χ2v) is 4.98. The van der Waals surface area contributed by atoms with Crippen molar-refractivity contribution in [2.24, 2.45) is 5.73 Å². The molecule has 0 aliphatic rings. The van der Waals surface area contributed by atoms with Crippen molar-refractivity contribution in [2.75, 3.05) is 27.2 Å². The van der Waals surface area contributed by atoms with Gasteiger partial charge >= 0.3 is 0 Å². The van der Waals surface area contributed by atoms with Crippen molar-refractivity contribution in [1.82, 2.24) is 4.90 Å². The van der Waals surface area contributed by atoms with Gasteiger partial charge in [0, 0.05) is 6.54 Å². The van der Waals surface area contributed by atoms with E-state index in [-0.39, 0.29) is 0 Å². The molecule has 0 amide bonds. The van der Waals surface area contributed by atoms with Crippen LogP contribution in [0.4, 0.5) is 0 Å². The van der Waals surface area contributed by atoms with Gasteiger partial charge in [-0.25, -0.2) is 0 Å². The van der Waals surface area contributed by atoms with Crippen LogP contribution in [0.25, 0.3) is 0 Å². The van der Waals surface area contributed by atoms with Crippen LogP contribution in [0.2, 0.25) is 0 Å². The minimum Gasteiger partial charge on any atom is -0.496 e. The average molecular weight is 250 g/mol. The maximum atomic E-state index is 5.51. The number of rotatable bonds is 7. The third-order valence-corrected chi connectivity index (χ3v) is 3.29. The van der Waals surface area contributed by atoms with Crippen molar-refractivity contribution >= 4 is 0 Å². The summed E-state index contributed by atoms with van der Waals surface area (Å²) >= 11 is 0. The van der Waals surface area contributed by atoms with Gasteiger partial charge < -0.3 is 15.4 Å². The Kier molecular flexibility index (Phi) is 6.16. The van der Waals surface area contributed by atoms with Crippen molar-refractivity contribution in [3.63, 3.8) is 0 Å². The number of nitrogens with zero attached hydrogens (tertiary/aromatic N) is 1. The Hall–Kier alpha value is -1.06. The van der Waals surface area contributed by atoms with Gasteiger partial charge in [-0.1, -0.05) is 6.07 Å². The molecule has 18 heavy (non-hydrogen) atoms. The van der Waals surface area contributed by atoms with E-state index < -0.39 is 0 Å². The van der Waals surface area contributed by atoms with Gasteiger partial charge in [-0.2, -0.15) is 0 Å². The number of hydrogen-bond acceptors (Lipinski definition) is 3. The van der Waals surface area contributed by atoms with Gasteiger partial charge in [0.05, 0.1) is 7.11 Å². The number of aryl methyl sites for hydroxylation is 2. The summed E-state index contributed by atoms with van der Waals surface area (Å²) in [4.78, 5) is 2.35. The molecule has 0 saturated heterocycles. The van der Waals surface area contributed by atoms with Gasteiger partial charge in [0.2, 0.25) is 0 Å². The van der Waals surface area contributed by atoms with Gasteiger partial charge in [0.15, 0.2) is 0 Å². The lowest BCUT2D eigenvalue weighted by molar-refractivity contribution is 0.318. The molecule has 0 saturated carbocycles. The fourth-order valence-corrected chi connectivity index (χ4v) is 2.14. The van der Waals surface area contributed by atoms with E-state index >= 15 is 0 Å². The van der Waals surface area contributed by atoms with E-state index in [1.807, 2.05) is 0 Å². The molecule has 0 heterocycles. The van der Waals surface area contributed by atoms with E-state index in [4.69, 9.17) is 10.5 Å². The van der Waals surface area contributed by atoms with Crippen LogP contribution in [0.3, 0.4) is 0 Å². The Bertz CT molecular complexity index is 377. The third kappa shape index (κ3) is 4.31. The number of hydrogen-bond donors (Lipinski definition) is 1. The molecule has 1 rings (SSSR count). The summed E-state index contributed by atoms with van der Waals surface area (Å²) in [5, 5.41) is 0. The Morgan fingerprint density at radius 3 is 2.50 bits per heavy atom. The molecule has 0 aliphatic heterocycles. The fraction of sp³-hybridized carbons (Fsp3) is 0.600. The highest BCUT2D eigenvalue weighted by atomic mass is 16.5. The second-order valence-electron chi connectivity index (χ2n) is 4.98. The van der Waals surface area contributed by atoms with Crippen LogP contribution in [-0.2, 0) is 6.54 Å². The quantitative estimate of drug-likeness (QED) is 0.756. The lowest BCUT2D eigenvalue weighted by atomic mass is 10.0. The first-order valence-electron chi connectivity index (χ1n) is 6.61. The van der Waals surface area contributed by atoms with E-state index in [9.17, 15) is 0 Å². The van der Waals surface area contributed by atoms with E-state index in [2.05, 4.69) is 37.9 Å². The highest BCUT2D eigenvalue weighted by molar-refractivity contribution is 5.41. The maximum Gasteiger partial charge on any atom is 0.122 e. The maximum absolute atomic E-state index is 5.51. The smallest absolute Gasteiger partial charge is 0.122 e. The summed E-state index contributed by atoms with van der Waals surface area (Å²) < 4.78 is 5.34. The molecule has 3 nitrogen and oxygen atoms in total. The van der Waals surface area contributed by atoms with E-state index in [0.717, 1.165) is 31.8 Å². The largest absolute Gasteiger partial charge is 0.496 e. The SMILES string of the molecule is COc1cc(C)c(CN(C)CCCCN)cc1C. The van der Waals surface area contributed by atoms with Crippen LogP contribution in [-0.4, -0.2) is 32.1 Å². The molecule has 0 fully saturated rings. The molecular formula is C15H26N2O. The Morgan fingerprint density at radius 1 is 1.17 bits per heavy atom. The van der Waals surface area contributed by atoms with Crippen molar-refractivity contribution in [3.05, 3.63) is 28.8 Å². The minimum absolute atomic E-state index is 0.786. The van der Waals surface area contributed by atoms with Crippen LogP contribution in [0.1, 0.15) is 29.5 Å². The highest BCUT2D eigenvalue weighted by Crippen LogP contribution is 2.23. The summed E-state index contributed by atoms with van der Waals surface area (Å²) in [7, 11) is 3.88. The first-order valence-corrected chi connectivity index (χ1v) is 6.61. The third-order valence-electron chi connectivity index (χ3n) is 3.29. The van der Waals surface area contributed by atoms with E-state index in [0.29, 0.717) is 0 Å². The molecule has 0 aliphatic carbocycles. The molecule has 0 radical (unpaired) electrons. The summed E-state index contributed by atoms with van der Waals surface area (Å²) in [5.74, 6) is 0.974. The fourth-order valence-electron chi connectivity index (χ4n) is 2.14. The average Bonchev–Trinajstić information content (AvgIpc) is 2.33. The first kappa shape index (κ1) is 15.0. The molecule has 0 unspecified atom stereocenters. The number of benzene rings is 1. The zero-order chi connectivity index (χ0) is 13.5. The lowest BCUT2D eigenvalue weighted by Gasteiger charge is -2.19. The summed E-state index contributed by atoms with van der Waals surface area (Å²) in [6.45, 7) is 7.11.